The second kappa shape index (κ2) is 7.19. The Morgan fingerprint density at radius 3 is 3.08 bits per heavy atom. The number of aromatic amines is 1. The highest BCUT2D eigenvalue weighted by molar-refractivity contribution is 5.87. The minimum atomic E-state index is -0.450. The quantitative estimate of drug-likeness (QED) is 0.445. The largest absolute Gasteiger partial charge is 0.394 e. The van der Waals surface area contributed by atoms with Gasteiger partial charge in [-0.05, 0) is 0 Å². The average Bonchev–Trinajstić information content (AvgIpc) is 3.15. The fourth-order valence-corrected chi connectivity index (χ4v) is 2.17. The second-order valence-electron chi connectivity index (χ2n) is 5.15. The Kier molecular flexibility index (Phi) is 4.81. The normalized spacial score (nSPS) is 11.1. The van der Waals surface area contributed by atoms with Crippen molar-refractivity contribution in [3.05, 3.63) is 28.6 Å². The number of nitrogens with zero attached hydrogens (tertiary/aromatic N) is 6. The lowest BCUT2D eigenvalue weighted by Gasteiger charge is -2.03. The number of carbonyl (C=O) groups is 1. The van der Waals surface area contributed by atoms with Crippen LogP contribution in [0.2, 0.25) is 0 Å². The van der Waals surface area contributed by atoms with Gasteiger partial charge in [0, 0.05) is 6.92 Å². The molecule has 0 saturated carbocycles. The van der Waals surface area contributed by atoms with E-state index in [-0.39, 0.29) is 43.9 Å². The Labute approximate surface area is 140 Å². The molecule has 3 rings (SSSR count). The average molecular weight is 348 g/mol. The number of hydrogen-bond acceptors (Lipinski definition) is 8. The Bertz CT molecular complexity index is 943. The van der Waals surface area contributed by atoms with E-state index in [1.54, 1.807) is 10.8 Å². The summed E-state index contributed by atoms with van der Waals surface area (Å²) >= 11 is 0. The smallest absolute Gasteiger partial charge is 0.280 e. The third-order valence-corrected chi connectivity index (χ3v) is 3.15. The second-order valence-corrected chi connectivity index (χ2v) is 5.15. The zero-order chi connectivity index (χ0) is 17.8. The van der Waals surface area contributed by atoms with Crippen LogP contribution in [0.15, 0.2) is 17.3 Å². The van der Waals surface area contributed by atoms with Crippen molar-refractivity contribution in [3.8, 4) is 0 Å². The number of aliphatic hydroxyl groups is 1. The number of rotatable bonds is 7. The molecule has 3 aromatic heterocycles. The Morgan fingerprint density at radius 2 is 2.32 bits per heavy atom. The molecule has 0 bridgehead atoms. The molecule has 1 amide bonds. The third kappa shape index (κ3) is 3.87. The SMILES string of the molecule is CC(=O)Nc1nc2c(ncn2Cc2cn(COCCO)nn2)c(=O)[nH]1. The summed E-state index contributed by atoms with van der Waals surface area (Å²) in [6.45, 7) is 1.91. The molecule has 25 heavy (non-hydrogen) atoms. The Balaban J connectivity index is 1.83. The van der Waals surface area contributed by atoms with Crippen molar-refractivity contribution in [1.82, 2.24) is 34.5 Å². The van der Waals surface area contributed by atoms with Gasteiger partial charge in [-0.1, -0.05) is 5.21 Å². The maximum absolute atomic E-state index is 12.0. The number of H-pyrrole nitrogens is 1. The zero-order valence-corrected chi connectivity index (χ0v) is 13.3. The van der Waals surface area contributed by atoms with E-state index in [1.807, 2.05) is 0 Å². The molecule has 0 unspecified atom stereocenters. The molecular formula is C13H16N8O4. The van der Waals surface area contributed by atoms with E-state index >= 15 is 0 Å². The van der Waals surface area contributed by atoms with Crippen molar-refractivity contribution in [2.45, 2.75) is 20.2 Å². The van der Waals surface area contributed by atoms with Gasteiger partial charge in [-0.25, -0.2) is 9.67 Å². The maximum atomic E-state index is 12.0. The molecule has 0 aliphatic rings. The fraction of sp³-hybridized carbons (Fsp3) is 0.385. The molecule has 0 aromatic carbocycles. The Morgan fingerprint density at radius 1 is 1.48 bits per heavy atom. The molecule has 0 aliphatic heterocycles. The number of imidazole rings is 1. The summed E-state index contributed by atoms with van der Waals surface area (Å²) in [7, 11) is 0. The van der Waals surface area contributed by atoms with Crippen LogP contribution in [0.5, 0.6) is 0 Å². The number of amides is 1. The van der Waals surface area contributed by atoms with Gasteiger partial charge in [0.25, 0.3) is 5.56 Å². The number of aliphatic hydroxyl groups excluding tert-OH is 1. The molecule has 3 aromatic rings. The molecule has 0 fully saturated rings. The van der Waals surface area contributed by atoms with Crippen LogP contribution in [0, 0.1) is 0 Å². The van der Waals surface area contributed by atoms with Crippen molar-refractivity contribution in [2.24, 2.45) is 0 Å². The highest BCUT2D eigenvalue weighted by atomic mass is 16.5. The van der Waals surface area contributed by atoms with Gasteiger partial charge in [-0.2, -0.15) is 4.98 Å². The molecule has 0 atom stereocenters. The first-order valence-corrected chi connectivity index (χ1v) is 7.37. The summed E-state index contributed by atoms with van der Waals surface area (Å²) in [6.07, 6.45) is 3.14. The summed E-state index contributed by atoms with van der Waals surface area (Å²) in [5, 5.41) is 19.0. The number of anilines is 1. The molecule has 132 valence electrons. The van der Waals surface area contributed by atoms with Crippen LogP contribution in [0.3, 0.4) is 0 Å². The van der Waals surface area contributed by atoms with Gasteiger partial charge in [0.1, 0.15) is 12.4 Å². The van der Waals surface area contributed by atoms with E-state index in [4.69, 9.17) is 9.84 Å². The van der Waals surface area contributed by atoms with Crippen molar-refractivity contribution in [1.29, 1.82) is 0 Å². The predicted molar refractivity (Wildman–Crippen MR) is 84.6 cm³/mol. The van der Waals surface area contributed by atoms with E-state index in [0.29, 0.717) is 11.3 Å². The van der Waals surface area contributed by atoms with E-state index in [0.717, 1.165) is 0 Å². The zero-order valence-electron chi connectivity index (χ0n) is 13.3. The third-order valence-electron chi connectivity index (χ3n) is 3.15. The minimum Gasteiger partial charge on any atom is -0.394 e. The summed E-state index contributed by atoms with van der Waals surface area (Å²) in [5.41, 5.74) is 0.634. The van der Waals surface area contributed by atoms with Gasteiger partial charge >= 0.3 is 0 Å². The van der Waals surface area contributed by atoms with Gasteiger partial charge in [0.15, 0.2) is 11.2 Å². The summed E-state index contributed by atoms with van der Waals surface area (Å²) in [6, 6.07) is 0. The van der Waals surface area contributed by atoms with Crippen molar-refractivity contribution in [3.63, 3.8) is 0 Å². The highest BCUT2D eigenvalue weighted by Gasteiger charge is 2.12. The molecule has 0 spiro atoms. The lowest BCUT2D eigenvalue weighted by atomic mass is 10.4. The molecule has 0 aliphatic carbocycles. The molecule has 3 heterocycles. The van der Waals surface area contributed by atoms with Gasteiger partial charge in [0.2, 0.25) is 11.9 Å². The summed E-state index contributed by atoms with van der Waals surface area (Å²) in [5.74, 6) is -0.299. The number of fused-ring (bicyclic) bond motifs is 1. The summed E-state index contributed by atoms with van der Waals surface area (Å²) < 4.78 is 8.25. The Hall–Kier alpha value is -3.12. The number of ether oxygens (including phenoxy) is 1. The molecule has 12 nitrogen and oxygen atoms in total. The van der Waals surface area contributed by atoms with Crippen LogP contribution >= 0.6 is 0 Å². The standard InChI is InChI=1S/C13H16N8O4/c1-8(23)15-13-16-11-10(12(24)17-13)14-6-20(11)4-9-5-21(19-18-9)7-25-3-2-22/h5-6,22H,2-4,7H2,1H3,(H2,15,16,17,23,24). The van der Waals surface area contributed by atoms with Crippen molar-refractivity contribution in [2.75, 3.05) is 18.5 Å². The van der Waals surface area contributed by atoms with Gasteiger partial charge in [-0.15, -0.1) is 5.10 Å². The van der Waals surface area contributed by atoms with Crippen molar-refractivity contribution < 1.29 is 14.6 Å². The van der Waals surface area contributed by atoms with Gasteiger partial charge in [-0.3, -0.25) is 19.9 Å². The maximum Gasteiger partial charge on any atom is 0.280 e. The lowest BCUT2D eigenvalue weighted by molar-refractivity contribution is -0.114. The van der Waals surface area contributed by atoms with Gasteiger partial charge in [0.05, 0.1) is 32.3 Å². The highest BCUT2D eigenvalue weighted by Crippen LogP contribution is 2.10. The minimum absolute atomic E-state index is 0.0489. The van der Waals surface area contributed by atoms with E-state index < -0.39 is 5.56 Å². The molecule has 3 N–H and O–H groups in total. The monoisotopic (exact) mass is 348 g/mol. The molecule has 12 heteroatoms. The van der Waals surface area contributed by atoms with Crippen LogP contribution < -0.4 is 10.9 Å². The van der Waals surface area contributed by atoms with Crippen LogP contribution in [-0.2, 0) is 22.8 Å². The van der Waals surface area contributed by atoms with Crippen LogP contribution in [-0.4, -0.2) is 58.7 Å². The fourth-order valence-electron chi connectivity index (χ4n) is 2.17. The first-order chi connectivity index (χ1) is 12.1. The van der Waals surface area contributed by atoms with Crippen LogP contribution in [0.25, 0.3) is 11.2 Å². The first kappa shape index (κ1) is 16.7. The topological polar surface area (TPSA) is 153 Å². The number of nitrogens with one attached hydrogen (secondary N) is 2. The van der Waals surface area contributed by atoms with E-state index in [1.165, 1.54) is 17.9 Å². The lowest BCUT2D eigenvalue weighted by Crippen LogP contribution is -2.16. The van der Waals surface area contributed by atoms with Crippen LogP contribution in [0.1, 0.15) is 12.6 Å². The first-order valence-electron chi connectivity index (χ1n) is 7.37. The number of carbonyl (C=O) groups excluding carboxylic acids is 1. The number of aromatic nitrogens is 7. The molecule has 0 saturated heterocycles. The summed E-state index contributed by atoms with van der Waals surface area (Å²) in [4.78, 5) is 33.8. The van der Waals surface area contributed by atoms with E-state index in [9.17, 15) is 9.59 Å². The molecule has 0 radical (unpaired) electrons. The van der Waals surface area contributed by atoms with Crippen LogP contribution in [0.4, 0.5) is 5.95 Å². The number of hydrogen-bond donors (Lipinski definition) is 3. The molecular weight excluding hydrogens is 332 g/mol. The van der Waals surface area contributed by atoms with Crippen molar-refractivity contribution >= 4 is 23.0 Å². The predicted octanol–water partition coefficient (Wildman–Crippen LogP) is -1.32. The van der Waals surface area contributed by atoms with E-state index in [2.05, 4.69) is 30.6 Å². The van der Waals surface area contributed by atoms with Gasteiger partial charge < -0.3 is 14.4 Å².